The third-order valence-corrected chi connectivity index (χ3v) is 7.49. The topological polar surface area (TPSA) is 40.1 Å². The molecule has 0 aliphatic heterocycles. The Kier molecular flexibility index (Phi) is 15.0. The quantitative estimate of drug-likeness (QED) is 0.185. The summed E-state index contributed by atoms with van der Waals surface area (Å²) in [6.45, 7) is 0. The molecule has 3 heteroatoms. The second-order valence-electron chi connectivity index (χ2n) is 10.5. The van der Waals surface area contributed by atoms with Gasteiger partial charge in [-0.2, -0.15) is 0 Å². The zero-order valence-corrected chi connectivity index (χ0v) is 28.4. The van der Waals surface area contributed by atoms with E-state index < -0.39 is 11.8 Å². The predicted molar refractivity (Wildman–Crippen MR) is 182 cm³/mol. The molecule has 0 spiro atoms. The molecule has 0 N–H and O–H groups in total. The molecule has 46 heavy (non-hydrogen) atoms. The number of carbonyl (C=O) groups excluding carboxylic acids is 1. The average molecular weight is 673 g/mol. The van der Waals surface area contributed by atoms with E-state index in [9.17, 15) is 9.90 Å². The summed E-state index contributed by atoms with van der Waals surface area (Å²) in [6, 6.07) is 38.9. The fraction of sp³-hybridized carbons (Fsp3) is 0.0465. The largest absolute Gasteiger partial charge is 3.00 e. The van der Waals surface area contributed by atoms with E-state index in [1.165, 1.54) is 0 Å². The minimum Gasteiger partial charge on any atom is -0.874 e. The van der Waals surface area contributed by atoms with Gasteiger partial charge < -0.3 is 5.11 Å². The van der Waals surface area contributed by atoms with Gasteiger partial charge in [-0.15, -0.1) is 5.76 Å². The number of Topliss-reactive ketones (excluding diaryl/α,β-unsaturated/α-hetero) is 1. The fourth-order valence-electron chi connectivity index (χ4n) is 5.35. The van der Waals surface area contributed by atoms with Gasteiger partial charge in [-0.25, -0.2) is 0 Å². The smallest absolute Gasteiger partial charge is 0.874 e. The van der Waals surface area contributed by atoms with Crippen LogP contribution in [0.15, 0.2) is 151 Å². The molecule has 0 heterocycles. The third kappa shape index (κ3) is 9.84. The molecular weight excluding hydrogens is 637 g/mol. The number of ketones is 1. The molecule has 10 radical (unpaired) electrons. The molecule has 3 aliphatic rings. The Morgan fingerprint density at radius 1 is 0.522 bits per heavy atom. The predicted octanol–water partition coefficient (Wildman–Crippen LogP) is 8.36. The maximum Gasteiger partial charge on any atom is 3.00 e. The zero-order valence-electron chi connectivity index (χ0n) is 25.6. The molecule has 0 amide bonds. The van der Waals surface area contributed by atoms with Crippen molar-refractivity contribution in [3.8, 4) is 0 Å². The standard InChI is InChI=1S/C33H26O2.2C5H5.Y/c34-32(30(24-14-5-1-6-15-24)25-16-7-2-8-17-25)28-22-13-23-29(28)33(35)31(26-18-9-3-10-19-26)27-20-11-4-12-21-27;2*1-2-4-5-3-1;/h1-23,28,31,34H;2*1-5H;/q;;;+3/p-1. The minimum atomic E-state index is -0.632. The van der Waals surface area contributed by atoms with Gasteiger partial charge >= 0.3 is 32.7 Å². The third-order valence-electron chi connectivity index (χ3n) is 7.49. The normalized spacial score (nSPS) is 16.3. The zero-order chi connectivity index (χ0) is 31.1. The molecule has 4 aromatic rings. The molecule has 2 nitrogen and oxygen atoms in total. The number of hydrogen-bond acceptors (Lipinski definition) is 2. The van der Waals surface area contributed by atoms with Gasteiger partial charge in [0.15, 0.2) is 5.78 Å². The van der Waals surface area contributed by atoms with Crippen LogP contribution in [0.25, 0.3) is 5.57 Å². The van der Waals surface area contributed by atoms with Gasteiger partial charge in [0.1, 0.15) is 0 Å². The summed E-state index contributed by atoms with van der Waals surface area (Å²) in [5.41, 5.74) is 4.67. The van der Waals surface area contributed by atoms with Crippen molar-refractivity contribution in [1.29, 1.82) is 0 Å². The molecule has 0 saturated heterocycles. The van der Waals surface area contributed by atoms with Crippen LogP contribution in [0.5, 0.6) is 0 Å². The van der Waals surface area contributed by atoms with Crippen LogP contribution in [0.2, 0.25) is 0 Å². The molecule has 220 valence electrons. The Hall–Kier alpha value is -3.33. The van der Waals surface area contributed by atoms with Crippen molar-refractivity contribution in [3.63, 3.8) is 0 Å². The van der Waals surface area contributed by atoms with Gasteiger partial charge in [0.2, 0.25) is 0 Å². The van der Waals surface area contributed by atoms with E-state index in [4.69, 9.17) is 0 Å². The van der Waals surface area contributed by atoms with Crippen LogP contribution in [-0.2, 0) is 37.5 Å². The van der Waals surface area contributed by atoms with Crippen molar-refractivity contribution in [2.24, 2.45) is 5.92 Å². The first-order valence-corrected chi connectivity index (χ1v) is 15.1. The van der Waals surface area contributed by atoms with Crippen molar-refractivity contribution in [2.45, 2.75) is 5.92 Å². The molecule has 0 aromatic heterocycles. The second-order valence-corrected chi connectivity index (χ2v) is 10.5. The van der Waals surface area contributed by atoms with Crippen molar-refractivity contribution in [2.75, 3.05) is 0 Å². The summed E-state index contributed by atoms with van der Waals surface area (Å²) in [7, 11) is 0. The number of allylic oxidation sites excluding steroid dienone is 3. The van der Waals surface area contributed by atoms with Crippen molar-refractivity contribution < 1.29 is 42.6 Å². The maximum absolute atomic E-state index is 14.1. The van der Waals surface area contributed by atoms with Crippen LogP contribution in [0, 0.1) is 70.1 Å². The van der Waals surface area contributed by atoms with Gasteiger partial charge in [0, 0.05) is 11.5 Å². The molecule has 2 fully saturated rings. The molecular formula is C43H35O2Y+2. The summed E-state index contributed by atoms with van der Waals surface area (Å²) in [5.74, 6) is -1.23. The van der Waals surface area contributed by atoms with E-state index in [2.05, 4.69) is 0 Å². The Labute approximate surface area is 301 Å². The fourth-order valence-corrected chi connectivity index (χ4v) is 5.35. The van der Waals surface area contributed by atoms with Crippen LogP contribution < -0.4 is 5.11 Å². The van der Waals surface area contributed by atoms with Crippen molar-refractivity contribution in [1.82, 2.24) is 0 Å². The van der Waals surface area contributed by atoms with Crippen LogP contribution in [-0.4, -0.2) is 5.78 Å². The number of benzene rings is 4. The summed E-state index contributed by atoms with van der Waals surface area (Å²) >= 11 is 0. The molecule has 4 aromatic carbocycles. The van der Waals surface area contributed by atoms with E-state index in [1.54, 1.807) is 6.08 Å². The summed E-state index contributed by atoms with van der Waals surface area (Å²) in [6.07, 6.45) is 25.5. The minimum absolute atomic E-state index is 0. The van der Waals surface area contributed by atoms with Gasteiger partial charge in [-0.1, -0.05) is 140 Å². The molecule has 0 bridgehead atoms. The van der Waals surface area contributed by atoms with E-state index >= 15 is 0 Å². The summed E-state index contributed by atoms with van der Waals surface area (Å²) in [5, 5.41) is 14.1. The second kappa shape index (κ2) is 19.4. The first kappa shape index (κ1) is 35.5. The molecule has 1 unspecified atom stereocenters. The number of hydrogen-bond donors (Lipinski definition) is 0. The van der Waals surface area contributed by atoms with Gasteiger partial charge in [-0.05, 0) is 92.0 Å². The van der Waals surface area contributed by atoms with Gasteiger partial charge in [0.05, 0.1) is 5.92 Å². The monoisotopic (exact) mass is 672 g/mol. The van der Waals surface area contributed by atoms with E-state index in [-0.39, 0.29) is 44.3 Å². The van der Waals surface area contributed by atoms with Crippen molar-refractivity contribution in [3.05, 3.63) is 237 Å². The summed E-state index contributed by atoms with van der Waals surface area (Å²) < 4.78 is 0. The van der Waals surface area contributed by atoms with Crippen LogP contribution in [0.3, 0.4) is 0 Å². The number of carbonyl (C=O) groups is 1. The maximum atomic E-state index is 14.1. The summed E-state index contributed by atoms with van der Waals surface area (Å²) in [4.78, 5) is 14.1. The average Bonchev–Trinajstić information content (AvgIpc) is 3.93. The Bertz CT molecular complexity index is 1440. The van der Waals surface area contributed by atoms with Gasteiger partial charge in [0.25, 0.3) is 0 Å². The van der Waals surface area contributed by atoms with Crippen molar-refractivity contribution >= 4 is 11.4 Å². The number of rotatable bonds is 7. The Morgan fingerprint density at radius 2 is 0.870 bits per heavy atom. The van der Waals surface area contributed by atoms with E-state index in [0.717, 1.165) is 22.3 Å². The molecule has 7 rings (SSSR count). The van der Waals surface area contributed by atoms with Crippen LogP contribution >= 0.6 is 0 Å². The SMILES string of the molecule is O=C(C1=CC=CC1C([O-])=C(c1ccccc1)c1ccccc1)C(c1ccccc1)c1ccccc1.[CH]1[CH][CH][CH][CH]1.[CH]1[CH][CH][CH][CH]1.[Y+3]. The molecule has 2 saturated carbocycles. The Morgan fingerprint density at radius 3 is 1.24 bits per heavy atom. The van der Waals surface area contributed by atoms with E-state index in [0.29, 0.717) is 11.1 Å². The first-order valence-electron chi connectivity index (χ1n) is 15.1. The first-order chi connectivity index (χ1) is 22.2. The van der Waals surface area contributed by atoms with E-state index in [1.807, 2.05) is 198 Å². The van der Waals surface area contributed by atoms with Crippen LogP contribution in [0.1, 0.15) is 28.2 Å². The molecule has 1 atom stereocenters. The van der Waals surface area contributed by atoms with Crippen LogP contribution in [0.4, 0.5) is 0 Å². The Balaban J connectivity index is 0.000000371. The molecule has 3 aliphatic carbocycles. The van der Waals surface area contributed by atoms with Gasteiger partial charge in [-0.3, -0.25) is 4.79 Å².